The van der Waals surface area contributed by atoms with E-state index in [-0.39, 0.29) is 11.5 Å². The third kappa shape index (κ3) is 4.31. The number of para-hydroxylation sites is 1. The van der Waals surface area contributed by atoms with Crippen LogP contribution in [-0.4, -0.2) is 19.0 Å². The molecule has 1 amide bonds. The van der Waals surface area contributed by atoms with Gasteiger partial charge in [-0.05, 0) is 61.6 Å². The Morgan fingerprint density at radius 3 is 2.42 bits per heavy atom. The third-order valence-electron chi connectivity index (χ3n) is 4.68. The van der Waals surface area contributed by atoms with Gasteiger partial charge in [0.05, 0.1) is 0 Å². The van der Waals surface area contributed by atoms with Crippen molar-refractivity contribution in [2.45, 2.75) is 26.2 Å². The number of benzene rings is 2. The van der Waals surface area contributed by atoms with Gasteiger partial charge in [-0.1, -0.05) is 30.3 Å². The molecule has 0 spiro atoms. The number of nitrogens with one attached hydrogen (secondary N) is 1. The van der Waals surface area contributed by atoms with Crippen LogP contribution in [0.1, 0.15) is 30.4 Å². The quantitative estimate of drug-likeness (QED) is 0.654. The minimum Gasteiger partial charge on any atom is -0.372 e. The van der Waals surface area contributed by atoms with Crippen LogP contribution in [-0.2, 0) is 4.79 Å². The van der Waals surface area contributed by atoms with Gasteiger partial charge in [-0.3, -0.25) is 4.79 Å². The fourth-order valence-electron chi connectivity index (χ4n) is 3.15. The number of aryl methyl sites for hydroxylation is 1. The van der Waals surface area contributed by atoms with Crippen LogP contribution >= 0.6 is 0 Å². The number of piperidine rings is 1. The van der Waals surface area contributed by atoms with Crippen LogP contribution in [0.25, 0.3) is 6.08 Å². The van der Waals surface area contributed by atoms with Crippen molar-refractivity contribution in [3.63, 3.8) is 0 Å². The molecule has 3 rings (SSSR count). The molecule has 1 N–H and O–H groups in total. The summed E-state index contributed by atoms with van der Waals surface area (Å²) in [6.45, 7) is 4.11. The smallest absolute Gasteiger partial charge is 0.266 e. The number of nitrogens with zero attached hydrogens (tertiary/aromatic N) is 2. The Kier molecular flexibility index (Phi) is 5.70. The van der Waals surface area contributed by atoms with Crippen molar-refractivity contribution in [1.29, 1.82) is 5.26 Å². The van der Waals surface area contributed by atoms with Crippen LogP contribution in [0.5, 0.6) is 0 Å². The number of nitriles is 1. The third-order valence-corrected chi connectivity index (χ3v) is 4.68. The molecule has 1 aliphatic rings. The summed E-state index contributed by atoms with van der Waals surface area (Å²) >= 11 is 0. The predicted molar refractivity (Wildman–Crippen MR) is 106 cm³/mol. The molecule has 4 heteroatoms. The van der Waals surface area contributed by atoms with Gasteiger partial charge in [0.15, 0.2) is 0 Å². The minimum absolute atomic E-state index is 0.0963. The van der Waals surface area contributed by atoms with E-state index in [2.05, 4.69) is 22.3 Å². The van der Waals surface area contributed by atoms with Gasteiger partial charge in [0.1, 0.15) is 11.6 Å². The first-order valence-electron chi connectivity index (χ1n) is 9.01. The normalized spacial score (nSPS) is 14.6. The van der Waals surface area contributed by atoms with Crippen molar-refractivity contribution in [1.82, 2.24) is 0 Å². The Morgan fingerprint density at radius 1 is 1.08 bits per heavy atom. The Hall–Kier alpha value is -3.06. The van der Waals surface area contributed by atoms with Crippen LogP contribution in [0.15, 0.2) is 54.1 Å². The molecule has 0 unspecified atom stereocenters. The first kappa shape index (κ1) is 17.8. The average molecular weight is 345 g/mol. The first-order valence-corrected chi connectivity index (χ1v) is 9.01. The molecule has 1 fully saturated rings. The summed E-state index contributed by atoms with van der Waals surface area (Å²) in [5.41, 5.74) is 3.83. The fourth-order valence-corrected chi connectivity index (χ4v) is 3.15. The van der Waals surface area contributed by atoms with E-state index in [4.69, 9.17) is 0 Å². The maximum absolute atomic E-state index is 12.4. The zero-order valence-corrected chi connectivity index (χ0v) is 15.0. The van der Waals surface area contributed by atoms with Gasteiger partial charge in [0.25, 0.3) is 5.91 Å². The summed E-state index contributed by atoms with van der Waals surface area (Å²) in [6, 6.07) is 17.6. The summed E-state index contributed by atoms with van der Waals surface area (Å²) in [7, 11) is 0. The van der Waals surface area contributed by atoms with Gasteiger partial charge in [-0.2, -0.15) is 5.26 Å². The lowest BCUT2D eigenvalue weighted by molar-refractivity contribution is -0.112. The number of carbonyl (C=O) groups excluding carboxylic acids is 1. The van der Waals surface area contributed by atoms with Crippen molar-refractivity contribution < 1.29 is 4.79 Å². The summed E-state index contributed by atoms with van der Waals surface area (Å²) < 4.78 is 0. The molecule has 0 aromatic heterocycles. The van der Waals surface area contributed by atoms with E-state index in [0.717, 1.165) is 29.9 Å². The van der Waals surface area contributed by atoms with E-state index in [0.29, 0.717) is 0 Å². The second kappa shape index (κ2) is 8.35. The molecule has 26 heavy (non-hydrogen) atoms. The Bertz CT molecular complexity index is 840. The number of rotatable bonds is 4. The monoisotopic (exact) mass is 345 g/mol. The number of anilines is 2. The lowest BCUT2D eigenvalue weighted by Gasteiger charge is -2.28. The minimum atomic E-state index is -0.387. The van der Waals surface area contributed by atoms with Gasteiger partial charge in [-0.25, -0.2) is 0 Å². The second-order valence-electron chi connectivity index (χ2n) is 6.58. The van der Waals surface area contributed by atoms with Gasteiger partial charge in [0, 0.05) is 24.5 Å². The van der Waals surface area contributed by atoms with Crippen LogP contribution in [0.4, 0.5) is 11.4 Å². The second-order valence-corrected chi connectivity index (χ2v) is 6.58. The van der Waals surface area contributed by atoms with Crippen LogP contribution in [0, 0.1) is 18.3 Å². The highest BCUT2D eigenvalue weighted by Crippen LogP contribution is 2.21. The van der Waals surface area contributed by atoms with Gasteiger partial charge in [0.2, 0.25) is 0 Å². The van der Waals surface area contributed by atoms with E-state index < -0.39 is 0 Å². The summed E-state index contributed by atoms with van der Waals surface area (Å²) in [6.07, 6.45) is 5.41. The molecular formula is C22H23N3O. The highest BCUT2D eigenvalue weighted by Gasteiger charge is 2.12. The van der Waals surface area contributed by atoms with E-state index in [1.807, 2.05) is 49.4 Å². The molecule has 0 atom stereocenters. The molecular weight excluding hydrogens is 322 g/mol. The van der Waals surface area contributed by atoms with E-state index in [1.165, 1.54) is 24.9 Å². The SMILES string of the molecule is Cc1ccccc1NC(=O)C(C#N)=Cc1ccc(N2CCCCC2)cc1. The largest absolute Gasteiger partial charge is 0.372 e. The molecule has 0 saturated carbocycles. The van der Waals surface area contributed by atoms with Crippen molar-refractivity contribution in [2.75, 3.05) is 23.3 Å². The Balaban J connectivity index is 1.73. The van der Waals surface area contributed by atoms with Gasteiger partial charge >= 0.3 is 0 Å². The van der Waals surface area contributed by atoms with Crippen molar-refractivity contribution in [2.24, 2.45) is 0 Å². The molecule has 132 valence electrons. The van der Waals surface area contributed by atoms with Gasteiger partial charge < -0.3 is 10.2 Å². The zero-order valence-electron chi connectivity index (χ0n) is 15.0. The summed E-state index contributed by atoms with van der Waals surface area (Å²) in [5.74, 6) is -0.387. The molecule has 0 radical (unpaired) electrons. The van der Waals surface area contributed by atoms with Crippen LogP contribution < -0.4 is 10.2 Å². The van der Waals surface area contributed by atoms with Crippen molar-refractivity contribution >= 4 is 23.4 Å². The number of carbonyl (C=O) groups is 1. The molecule has 0 bridgehead atoms. The van der Waals surface area contributed by atoms with Crippen LogP contribution in [0.3, 0.4) is 0 Å². The maximum atomic E-state index is 12.4. The number of hydrogen-bond donors (Lipinski definition) is 1. The molecule has 1 aliphatic heterocycles. The summed E-state index contributed by atoms with van der Waals surface area (Å²) in [5, 5.41) is 12.2. The standard InChI is InChI=1S/C22H23N3O/c1-17-7-3-4-8-21(17)24-22(26)19(16-23)15-18-9-11-20(12-10-18)25-13-5-2-6-14-25/h3-4,7-12,15H,2,5-6,13-14H2,1H3,(H,24,26). The molecule has 1 heterocycles. The maximum Gasteiger partial charge on any atom is 0.266 e. The fraction of sp³-hybridized carbons (Fsp3) is 0.273. The summed E-state index contributed by atoms with van der Waals surface area (Å²) in [4.78, 5) is 14.8. The number of hydrogen-bond acceptors (Lipinski definition) is 3. The molecule has 1 saturated heterocycles. The highest BCUT2D eigenvalue weighted by atomic mass is 16.1. The predicted octanol–water partition coefficient (Wildman–Crippen LogP) is 4.53. The van der Waals surface area contributed by atoms with Gasteiger partial charge in [-0.15, -0.1) is 0 Å². The Labute approximate surface area is 154 Å². The zero-order chi connectivity index (χ0) is 18.4. The van der Waals surface area contributed by atoms with E-state index in [1.54, 1.807) is 6.08 Å². The molecule has 0 aliphatic carbocycles. The lowest BCUT2D eigenvalue weighted by Crippen LogP contribution is -2.29. The average Bonchev–Trinajstić information content (AvgIpc) is 2.69. The van der Waals surface area contributed by atoms with Crippen molar-refractivity contribution in [3.8, 4) is 6.07 Å². The van der Waals surface area contributed by atoms with Crippen molar-refractivity contribution in [3.05, 3.63) is 65.2 Å². The van der Waals surface area contributed by atoms with E-state index in [9.17, 15) is 10.1 Å². The number of amides is 1. The van der Waals surface area contributed by atoms with E-state index >= 15 is 0 Å². The molecule has 2 aromatic rings. The lowest BCUT2D eigenvalue weighted by atomic mass is 10.1. The topological polar surface area (TPSA) is 56.1 Å². The van der Waals surface area contributed by atoms with Crippen LogP contribution in [0.2, 0.25) is 0 Å². The molecule has 4 nitrogen and oxygen atoms in total. The molecule has 2 aromatic carbocycles. The first-order chi connectivity index (χ1) is 12.7. The Morgan fingerprint density at radius 2 is 1.77 bits per heavy atom. The highest BCUT2D eigenvalue weighted by molar-refractivity contribution is 6.09.